The quantitative estimate of drug-likeness (QED) is 0.855. The van der Waals surface area contributed by atoms with Crippen LogP contribution in [0.5, 0.6) is 5.88 Å². The third-order valence-corrected chi connectivity index (χ3v) is 1.99. The molecule has 0 aliphatic carbocycles. The van der Waals surface area contributed by atoms with E-state index in [1.165, 1.54) is 25.7 Å². The van der Waals surface area contributed by atoms with E-state index >= 15 is 0 Å². The minimum atomic E-state index is -0.437. The van der Waals surface area contributed by atoms with Crippen LogP contribution in [0.25, 0.3) is 0 Å². The smallest absolute Gasteiger partial charge is 0.326 e. The number of hydrogen-bond acceptors (Lipinski definition) is 5. The lowest BCUT2D eigenvalue weighted by molar-refractivity contribution is 0.262. The summed E-state index contributed by atoms with van der Waals surface area (Å²) in [5, 5.41) is 5.08. The molecule has 0 radical (unpaired) electrons. The number of pyridine rings is 1. The number of nitrogens with one attached hydrogen (secondary N) is 2. The molecule has 18 heavy (non-hydrogen) atoms. The van der Waals surface area contributed by atoms with Crippen LogP contribution in [0.15, 0.2) is 36.8 Å². The normalized spacial score (nSPS) is 9.61. The molecule has 0 saturated heterocycles. The van der Waals surface area contributed by atoms with Gasteiger partial charge in [-0.3, -0.25) is 5.32 Å². The lowest BCUT2D eigenvalue weighted by atomic mass is 10.4. The molecule has 0 aliphatic heterocycles. The van der Waals surface area contributed by atoms with Crippen molar-refractivity contribution in [2.75, 3.05) is 17.7 Å². The maximum atomic E-state index is 11.6. The van der Waals surface area contributed by atoms with E-state index in [0.717, 1.165) is 0 Å². The monoisotopic (exact) mass is 245 g/mol. The molecule has 2 amide bonds. The number of aromatic nitrogens is 3. The van der Waals surface area contributed by atoms with E-state index < -0.39 is 6.03 Å². The third-order valence-electron chi connectivity index (χ3n) is 1.99. The fourth-order valence-electron chi connectivity index (χ4n) is 1.20. The molecule has 2 rings (SSSR count). The fourth-order valence-corrected chi connectivity index (χ4v) is 1.20. The van der Waals surface area contributed by atoms with Gasteiger partial charge in [0.1, 0.15) is 0 Å². The predicted octanol–water partition coefficient (Wildman–Crippen LogP) is 1.52. The van der Waals surface area contributed by atoms with E-state index in [2.05, 4.69) is 25.6 Å². The summed E-state index contributed by atoms with van der Waals surface area (Å²) in [6.45, 7) is 0. The second-order valence-corrected chi connectivity index (χ2v) is 3.24. The predicted molar refractivity (Wildman–Crippen MR) is 65.5 cm³/mol. The Kier molecular flexibility index (Phi) is 3.65. The largest absolute Gasteiger partial charge is 0.481 e. The minimum absolute atomic E-state index is 0.233. The van der Waals surface area contributed by atoms with Crippen LogP contribution < -0.4 is 15.4 Å². The van der Waals surface area contributed by atoms with Crippen LogP contribution in [0.3, 0.4) is 0 Å². The molecule has 0 aromatic carbocycles. The van der Waals surface area contributed by atoms with Crippen molar-refractivity contribution >= 4 is 17.7 Å². The Labute approximate surface area is 103 Å². The number of ether oxygens (including phenoxy) is 1. The molecule has 0 spiro atoms. The number of nitrogens with zero attached hydrogens (tertiary/aromatic N) is 3. The molecule has 92 valence electrons. The molecule has 2 aromatic rings. The Bertz CT molecular complexity index is 515. The van der Waals surface area contributed by atoms with Crippen molar-refractivity contribution in [1.29, 1.82) is 0 Å². The Hall–Kier alpha value is -2.70. The van der Waals surface area contributed by atoms with Crippen molar-refractivity contribution in [2.24, 2.45) is 0 Å². The van der Waals surface area contributed by atoms with Crippen LogP contribution in [0.2, 0.25) is 0 Å². The molecule has 7 nitrogen and oxygen atoms in total. The number of hydrogen-bond donors (Lipinski definition) is 2. The summed E-state index contributed by atoms with van der Waals surface area (Å²) in [6.07, 6.45) is 4.57. The summed E-state index contributed by atoms with van der Waals surface area (Å²) in [5.41, 5.74) is 0.546. The zero-order valence-corrected chi connectivity index (χ0v) is 9.62. The van der Waals surface area contributed by atoms with E-state index in [0.29, 0.717) is 11.6 Å². The first-order chi connectivity index (χ1) is 8.78. The number of rotatable bonds is 3. The molecule has 0 saturated carbocycles. The Morgan fingerprint density at radius 3 is 2.56 bits per heavy atom. The average Bonchev–Trinajstić information content (AvgIpc) is 2.40. The molecule has 2 heterocycles. The van der Waals surface area contributed by atoms with Gasteiger partial charge in [-0.25, -0.2) is 19.7 Å². The highest BCUT2D eigenvalue weighted by Gasteiger charge is 2.04. The molecule has 0 fully saturated rings. The van der Waals surface area contributed by atoms with Crippen LogP contribution in [-0.4, -0.2) is 28.1 Å². The number of amides is 2. The van der Waals surface area contributed by atoms with Crippen molar-refractivity contribution < 1.29 is 9.53 Å². The summed E-state index contributed by atoms with van der Waals surface area (Å²) in [5.74, 6) is 0.712. The second kappa shape index (κ2) is 5.58. The number of anilines is 2. The fraction of sp³-hybridized carbons (Fsp3) is 0.0909. The number of carbonyl (C=O) groups excluding carboxylic acids is 1. The molecular formula is C11H11N5O2. The maximum Gasteiger partial charge on any atom is 0.326 e. The van der Waals surface area contributed by atoms with Gasteiger partial charge < -0.3 is 10.1 Å². The van der Waals surface area contributed by atoms with Gasteiger partial charge in [0.05, 0.1) is 19.0 Å². The van der Waals surface area contributed by atoms with Crippen molar-refractivity contribution in [2.45, 2.75) is 0 Å². The molecule has 0 atom stereocenters. The van der Waals surface area contributed by atoms with Gasteiger partial charge in [0.25, 0.3) is 0 Å². The van der Waals surface area contributed by atoms with Crippen molar-refractivity contribution in [1.82, 2.24) is 15.0 Å². The van der Waals surface area contributed by atoms with Gasteiger partial charge in [0, 0.05) is 18.5 Å². The SMILES string of the molecule is COc1ccc(NC(=O)Nc2ncccn2)cn1. The van der Waals surface area contributed by atoms with Crippen LogP contribution in [0.1, 0.15) is 0 Å². The van der Waals surface area contributed by atoms with Gasteiger partial charge in [-0.05, 0) is 12.1 Å². The summed E-state index contributed by atoms with van der Waals surface area (Å²) in [6, 6.07) is 4.55. The van der Waals surface area contributed by atoms with E-state index in [1.807, 2.05) is 0 Å². The van der Waals surface area contributed by atoms with Crippen LogP contribution in [0, 0.1) is 0 Å². The summed E-state index contributed by atoms with van der Waals surface area (Å²) >= 11 is 0. The maximum absolute atomic E-state index is 11.6. The Balaban J connectivity index is 1.94. The second-order valence-electron chi connectivity index (χ2n) is 3.24. The first kappa shape index (κ1) is 11.8. The summed E-state index contributed by atoms with van der Waals surface area (Å²) in [4.78, 5) is 23.3. The van der Waals surface area contributed by atoms with Crippen molar-refractivity contribution in [3.63, 3.8) is 0 Å². The minimum Gasteiger partial charge on any atom is -0.481 e. The van der Waals surface area contributed by atoms with E-state index in [9.17, 15) is 4.79 Å². The van der Waals surface area contributed by atoms with Gasteiger partial charge in [-0.1, -0.05) is 0 Å². The third kappa shape index (κ3) is 3.14. The van der Waals surface area contributed by atoms with Gasteiger partial charge in [-0.2, -0.15) is 0 Å². The van der Waals surface area contributed by atoms with Gasteiger partial charge in [0.2, 0.25) is 11.8 Å². The molecule has 7 heteroatoms. The molecule has 0 aliphatic rings. The topological polar surface area (TPSA) is 89.0 Å². The highest BCUT2D eigenvalue weighted by Crippen LogP contribution is 2.11. The molecule has 2 aromatic heterocycles. The molecule has 0 bridgehead atoms. The lowest BCUT2D eigenvalue weighted by Gasteiger charge is -2.06. The number of methoxy groups -OCH3 is 1. The van der Waals surface area contributed by atoms with Crippen molar-refractivity contribution in [3.05, 3.63) is 36.8 Å². The van der Waals surface area contributed by atoms with Gasteiger partial charge in [0.15, 0.2) is 0 Å². The van der Waals surface area contributed by atoms with Crippen LogP contribution >= 0.6 is 0 Å². The van der Waals surface area contributed by atoms with E-state index in [1.54, 1.807) is 18.2 Å². The van der Waals surface area contributed by atoms with E-state index in [-0.39, 0.29) is 5.95 Å². The lowest BCUT2D eigenvalue weighted by Crippen LogP contribution is -2.20. The van der Waals surface area contributed by atoms with Crippen LogP contribution in [-0.2, 0) is 0 Å². The Morgan fingerprint density at radius 2 is 1.94 bits per heavy atom. The van der Waals surface area contributed by atoms with Gasteiger partial charge in [-0.15, -0.1) is 0 Å². The standard InChI is InChI=1S/C11H11N5O2/c1-18-9-4-3-8(7-14-9)15-11(17)16-10-12-5-2-6-13-10/h2-7H,1H3,(H2,12,13,15,16,17). The van der Waals surface area contributed by atoms with Crippen molar-refractivity contribution in [3.8, 4) is 5.88 Å². The number of urea groups is 1. The summed E-state index contributed by atoms with van der Waals surface area (Å²) in [7, 11) is 1.52. The average molecular weight is 245 g/mol. The molecular weight excluding hydrogens is 234 g/mol. The zero-order chi connectivity index (χ0) is 12.8. The molecule has 0 unspecified atom stereocenters. The highest BCUT2D eigenvalue weighted by atomic mass is 16.5. The first-order valence-electron chi connectivity index (χ1n) is 5.13. The highest BCUT2D eigenvalue weighted by molar-refractivity contribution is 5.98. The van der Waals surface area contributed by atoms with Crippen LogP contribution in [0.4, 0.5) is 16.4 Å². The zero-order valence-electron chi connectivity index (χ0n) is 9.62. The van der Waals surface area contributed by atoms with E-state index in [4.69, 9.17) is 4.74 Å². The Morgan fingerprint density at radius 1 is 1.17 bits per heavy atom. The molecule has 2 N–H and O–H groups in total. The first-order valence-corrected chi connectivity index (χ1v) is 5.13. The summed E-state index contributed by atoms with van der Waals surface area (Å²) < 4.78 is 4.91. The number of carbonyl (C=O) groups is 1. The van der Waals surface area contributed by atoms with Gasteiger partial charge >= 0.3 is 6.03 Å².